The molecule has 290 valence electrons. The molecule has 2 aromatic heterocycles. The Labute approximate surface area is 317 Å². The van der Waals surface area contributed by atoms with Crippen LogP contribution in [0.3, 0.4) is 0 Å². The van der Waals surface area contributed by atoms with Crippen LogP contribution < -0.4 is 29.7 Å². The van der Waals surface area contributed by atoms with Gasteiger partial charge < -0.3 is 19.7 Å². The largest absolute Gasteiger partial charge is 0.497 e. The second kappa shape index (κ2) is 14.5. The minimum absolute atomic E-state index is 0.0759. The number of ether oxygens (including phenoxy) is 2. The van der Waals surface area contributed by atoms with Crippen LogP contribution in [0.2, 0.25) is 0 Å². The molecule has 14 nitrogen and oxygen atoms in total. The van der Waals surface area contributed by atoms with Gasteiger partial charge in [-0.2, -0.15) is 4.98 Å². The number of imide groups is 1. The van der Waals surface area contributed by atoms with Gasteiger partial charge in [-0.25, -0.2) is 13.4 Å². The Morgan fingerprint density at radius 2 is 1.81 bits per heavy atom. The summed E-state index contributed by atoms with van der Waals surface area (Å²) in [5.41, 5.74) is -0.292. The number of nitrogens with one attached hydrogen (secondary N) is 3. The number of nitrogens with zero attached hydrogens (tertiary/aromatic N) is 4. The molecule has 1 unspecified atom stereocenters. The quantitative estimate of drug-likeness (QED) is 0.215. The number of aromatic nitrogens is 2. The molecule has 1 aromatic carbocycles. The zero-order valence-electron chi connectivity index (χ0n) is 32.2. The Hall–Kier alpha value is -4.76. The van der Waals surface area contributed by atoms with E-state index < -0.39 is 68.1 Å². The third-order valence-corrected chi connectivity index (χ3v) is 12.2. The van der Waals surface area contributed by atoms with Gasteiger partial charge in [-0.3, -0.25) is 29.3 Å². The Morgan fingerprint density at radius 1 is 1.09 bits per heavy atom. The number of pyridine rings is 2. The standard InChI is InChI=1S/C39H51N7O7S/c1-10-25-20-39(25,37(49)44-54(50,51)28-12-13-28)46-21-27(53-36-29-14-11-26(52-9)17-24(29)18-32(42-36)45(7)8)19-30(46)34(47)43-35(48)33(38(4,5)6)41-31-16-22(2)15-23(3)40-31/h10-11,14-18,25,27-28,30,33H,1,12-13,19-21H2,2-9H3,(H,40,41)(H,44,49)(H,43,47,48)/t25-,27-,30+,33?,39-/m1/s1. The number of methoxy groups -OCH3 is 1. The number of likely N-dealkylation sites (tertiary alicyclic amines) is 1. The van der Waals surface area contributed by atoms with Gasteiger partial charge in [-0.05, 0) is 85.9 Å². The molecule has 0 radical (unpaired) electrons. The normalized spacial score (nSPS) is 23.3. The van der Waals surface area contributed by atoms with Crippen LogP contribution in [0, 0.1) is 25.2 Å². The first-order chi connectivity index (χ1) is 25.4. The van der Waals surface area contributed by atoms with E-state index in [4.69, 9.17) is 14.5 Å². The van der Waals surface area contributed by atoms with Crippen molar-refractivity contribution < 1.29 is 32.3 Å². The van der Waals surface area contributed by atoms with Crippen LogP contribution in [0.25, 0.3) is 10.8 Å². The van der Waals surface area contributed by atoms with E-state index in [0.29, 0.717) is 41.5 Å². The number of rotatable bonds is 13. The minimum Gasteiger partial charge on any atom is -0.497 e. The Balaban J connectivity index is 1.33. The maximum Gasteiger partial charge on any atom is 0.254 e. The van der Waals surface area contributed by atoms with Gasteiger partial charge in [-0.15, -0.1) is 6.58 Å². The molecule has 1 saturated heterocycles. The molecule has 15 heteroatoms. The van der Waals surface area contributed by atoms with Crippen molar-refractivity contribution in [3.05, 3.63) is 60.3 Å². The fourth-order valence-corrected chi connectivity index (χ4v) is 8.70. The van der Waals surface area contributed by atoms with Crippen molar-refractivity contribution in [2.24, 2.45) is 11.3 Å². The molecule has 3 amide bonds. The summed E-state index contributed by atoms with van der Waals surface area (Å²) in [6.07, 6.45) is 2.23. The summed E-state index contributed by atoms with van der Waals surface area (Å²) in [4.78, 5) is 55.4. The van der Waals surface area contributed by atoms with Crippen molar-refractivity contribution in [2.75, 3.05) is 38.0 Å². The van der Waals surface area contributed by atoms with E-state index in [2.05, 4.69) is 26.9 Å². The zero-order valence-corrected chi connectivity index (χ0v) is 33.0. The number of sulfonamides is 1. The second-order valence-electron chi connectivity index (χ2n) is 16.0. The second-order valence-corrected chi connectivity index (χ2v) is 18.0. The van der Waals surface area contributed by atoms with Crippen LogP contribution in [0.15, 0.2) is 49.1 Å². The number of amides is 3. The first-order valence-corrected chi connectivity index (χ1v) is 19.8. The molecule has 5 atom stereocenters. The predicted molar refractivity (Wildman–Crippen MR) is 207 cm³/mol. The number of hydrogen-bond acceptors (Lipinski definition) is 12. The highest BCUT2D eigenvalue weighted by molar-refractivity contribution is 7.91. The van der Waals surface area contributed by atoms with E-state index in [1.807, 2.05) is 83.9 Å². The third-order valence-electron chi connectivity index (χ3n) is 10.4. The van der Waals surface area contributed by atoms with Gasteiger partial charge in [0.25, 0.3) is 5.91 Å². The van der Waals surface area contributed by atoms with Crippen LogP contribution in [-0.2, 0) is 24.4 Å². The van der Waals surface area contributed by atoms with Gasteiger partial charge in [0.2, 0.25) is 27.7 Å². The summed E-state index contributed by atoms with van der Waals surface area (Å²) in [6.45, 7) is 13.4. The van der Waals surface area contributed by atoms with Gasteiger partial charge in [-0.1, -0.05) is 26.8 Å². The number of benzene rings is 1. The molecule has 3 aliphatic rings. The Bertz CT molecular complexity index is 2080. The first kappa shape index (κ1) is 38.9. The van der Waals surface area contributed by atoms with Crippen molar-refractivity contribution in [2.45, 2.75) is 89.3 Å². The van der Waals surface area contributed by atoms with Gasteiger partial charge >= 0.3 is 0 Å². The van der Waals surface area contributed by atoms with E-state index in [0.717, 1.165) is 16.6 Å². The first-order valence-electron chi connectivity index (χ1n) is 18.2. The van der Waals surface area contributed by atoms with Gasteiger partial charge in [0.15, 0.2) is 0 Å². The molecule has 0 bridgehead atoms. The number of carbonyl (C=O) groups is 3. The van der Waals surface area contributed by atoms with Gasteiger partial charge in [0.1, 0.15) is 35.1 Å². The highest BCUT2D eigenvalue weighted by atomic mass is 32.2. The SMILES string of the molecule is C=C[C@@H]1C[C@@]1(C(=O)NS(=O)(=O)C1CC1)N1C[C@H](Oc2nc(N(C)C)cc3cc(OC)ccc23)C[C@H]1C(=O)NC(=O)C(Nc1cc(C)cc(C)n1)C(C)(C)C. The maximum atomic E-state index is 14.4. The summed E-state index contributed by atoms with van der Waals surface area (Å²) in [6, 6.07) is 9.31. The van der Waals surface area contributed by atoms with Crippen LogP contribution in [0.1, 0.15) is 57.7 Å². The molecular weight excluding hydrogens is 711 g/mol. The molecule has 0 spiro atoms. The number of anilines is 2. The minimum atomic E-state index is -3.90. The zero-order chi connectivity index (χ0) is 39.3. The summed E-state index contributed by atoms with van der Waals surface area (Å²) in [7, 11) is 1.42. The van der Waals surface area contributed by atoms with Crippen molar-refractivity contribution in [1.29, 1.82) is 0 Å². The molecule has 2 saturated carbocycles. The monoisotopic (exact) mass is 761 g/mol. The molecule has 3 heterocycles. The smallest absolute Gasteiger partial charge is 0.254 e. The maximum absolute atomic E-state index is 14.4. The van der Waals surface area contributed by atoms with Crippen LogP contribution in [0.5, 0.6) is 11.6 Å². The fourth-order valence-electron chi connectivity index (χ4n) is 7.34. The summed E-state index contributed by atoms with van der Waals surface area (Å²) < 4.78 is 40.4. The Kier molecular flexibility index (Phi) is 10.4. The third kappa shape index (κ3) is 7.88. The molecule has 3 N–H and O–H groups in total. The van der Waals surface area contributed by atoms with Crippen molar-refractivity contribution in [3.63, 3.8) is 0 Å². The average molecular weight is 762 g/mol. The number of aryl methyl sites for hydroxylation is 2. The molecule has 1 aliphatic heterocycles. The van der Waals surface area contributed by atoms with Crippen LogP contribution in [-0.4, -0.2) is 97.7 Å². The van der Waals surface area contributed by atoms with E-state index in [-0.39, 0.29) is 19.4 Å². The van der Waals surface area contributed by atoms with Crippen molar-refractivity contribution >= 4 is 50.2 Å². The van der Waals surface area contributed by atoms with E-state index in [1.165, 1.54) is 0 Å². The Morgan fingerprint density at radius 3 is 2.41 bits per heavy atom. The molecule has 3 fully saturated rings. The van der Waals surface area contributed by atoms with Crippen molar-refractivity contribution in [3.8, 4) is 11.6 Å². The predicted octanol–water partition coefficient (Wildman–Crippen LogP) is 3.87. The van der Waals surface area contributed by atoms with E-state index in [1.54, 1.807) is 24.2 Å². The lowest BCUT2D eigenvalue weighted by atomic mass is 9.86. The summed E-state index contributed by atoms with van der Waals surface area (Å²) in [5, 5.41) is 6.78. The lowest BCUT2D eigenvalue weighted by Gasteiger charge is -2.34. The van der Waals surface area contributed by atoms with Crippen molar-refractivity contribution in [1.82, 2.24) is 24.9 Å². The van der Waals surface area contributed by atoms with Gasteiger partial charge in [0.05, 0.1) is 18.4 Å². The molecule has 6 rings (SSSR count). The number of fused-ring (bicyclic) bond motifs is 1. The molecule has 54 heavy (non-hydrogen) atoms. The number of hydrogen-bond donors (Lipinski definition) is 3. The highest BCUT2D eigenvalue weighted by Crippen LogP contribution is 2.53. The summed E-state index contributed by atoms with van der Waals surface area (Å²) >= 11 is 0. The lowest BCUT2D eigenvalue weighted by molar-refractivity contribution is -0.136. The average Bonchev–Trinajstić information content (AvgIpc) is 4.02. The number of carbonyl (C=O) groups excluding carboxylic acids is 3. The van der Waals surface area contributed by atoms with E-state index in [9.17, 15) is 22.8 Å². The van der Waals surface area contributed by atoms with Gasteiger partial charge in [0, 0.05) is 44.1 Å². The molecule has 2 aliphatic carbocycles. The topological polar surface area (TPSA) is 172 Å². The van der Waals surface area contributed by atoms with Crippen LogP contribution in [0.4, 0.5) is 11.6 Å². The van der Waals surface area contributed by atoms with E-state index >= 15 is 0 Å². The highest BCUT2D eigenvalue weighted by Gasteiger charge is 2.67. The summed E-state index contributed by atoms with van der Waals surface area (Å²) in [5.74, 6) is -0.241. The molecular formula is C39H51N7O7S. The molecule has 3 aromatic rings. The lowest BCUT2D eigenvalue weighted by Crippen LogP contribution is -2.59. The van der Waals surface area contributed by atoms with Crippen LogP contribution >= 0.6 is 0 Å². The fraction of sp³-hybridized carbons (Fsp3) is 0.513.